The zero-order valence-corrected chi connectivity index (χ0v) is 14.2. The van der Waals surface area contributed by atoms with E-state index >= 15 is 0 Å². The molecule has 0 aliphatic heterocycles. The maximum absolute atomic E-state index is 5.47. The molecule has 1 heterocycles. The Balaban J connectivity index is 1.72. The van der Waals surface area contributed by atoms with Crippen molar-refractivity contribution in [2.24, 2.45) is 0 Å². The summed E-state index contributed by atoms with van der Waals surface area (Å²) in [5.41, 5.74) is 3.72. The summed E-state index contributed by atoms with van der Waals surface area (Å²) >= 11 is 5.47. The van der Waals surface area contributed by atoms with Crippen LogP contribution in [0.15, 0.2) is 36.5 Å². The molecule has 23 heavy (non-hydrogen) atoms. The number of anilines is 1. The quantitative estimate of drug-likeness (QED) is 0.841. The second-order valence-corrected chi connectivity index (χ2v) is 6.19. The summed E-state index contributed by atoms with van der Waals surface area (Å²) in [4.78, 5) is 4.32. The van der Waals surface area contributed by atoms with Crippen LogP contribution in [0.3, 0.4) is 0 Å². The van der Waals surface area contributed by atoms with Crippen LogP contribution in [0.4, 0.5) is 5.82 Å². The second-order valence-electron chi connectivity index (χ2n) is 5.78. The van der Waals surface area contributed by atoms with Gasteiger partial charge in [0.1, 0.15) is 11.6 Å². The number of rotatable bonds is 3. The van der Waals surface area contributed by atoms with Gasteiger partial charge in [-0.1, -0.05) is 12.1 Å². The van der Waals surface area contributed by atoms with Gasteiger partial charge in [0.2, 0.25) is 0 Å². The Labute approximate surface area is 142 Å². The molecule has 4 nitrogen and oxygen atoms in total. The summed E-state index contributed by atoms with van der Waals surface area (Å²) in [6, 6.07) is 10.4. The Kier molecular flexibility index (Phi) is 4.76. The molecule has 0 saturated heterocycles. The second kappa shape index (κ2) is 6.96. The van der Waals surface area contributed by atoms with Gasteiger partial charge in [-0.05, 0) is 73.3 Å². The summed E-state index contributed by atoms with van der Waals surface area (Å²) < 4.78 is 5.32. The molecule has 1 aliphatic carbocycles. The number of pyridine rings is 1. The SMILES string of the molecule is COc1ccc2c(c1)CCC[C@H]2NC(=S)Nc1ncccc1C. The summed E-state index contributed by atoms with van der Waals surface area (Å²) in [6.45, 7) is 2.01. The third-order valence-electron chi connectivity index (χ3n) is 4.21. The summed E-state index contributed by atoms with van der Waals surface area (Å²) in [7, 11) is 1.70. The number of nitrogens with zero attached hydrogens (tertiary/aromatic N) is 1. The standard InChI is InChI=1S/C18H21N3OS/c1-12-5-4-10-19-17(12)21-18(23)20-16-7-3-6-13-11-14(22-2)8-9-15(13)16/h4-5,8-11,16H,3,6-7H2,1-2H3,(H2,19,20,21,23)/t16-/m1/s1. The topological polar surface area (TPSA) is 46.2 Å². The summed E-state index contributed by atoms with van der Waals surface area (Å²) in [5, 5.41) is 7.23. The van der Waals surface area contributed by atoms with Crippen molar-refractivity contribution in [3.63, 3.8) is 0 Å². The van der Waals surface area contributed by atoms with Crippen molar-refractivity contribution in [3.8, 4) is 5.75 Å². The van der Waals surface area contributed by atoms with Crippen molar-refractivity contribution in [2.45, 2.75) is 32.2 Å². The molecule has 1 aromatic heterocycles. The molecule has 5 heteroatoms. The van der Waals surface area contributed by atoms with Crippen LogP contribution >= 0.6 is 12.2 Å². The highest BCUT2D eigenvalue weighted by molar-refractivity contribution is 7.80. The molecule has 0 unspecified atom stereocenters. The predicted octanol–water partition coefficient (Wildman–Crippen LogP) is 3.76. The number of ether oxygens (including phenoxy) is 1. The summed E-state index contributed by atoms with van der Waals surface area (Å²) in [5.74, 6) is 1.71. The lowest BCUT2D eigenvalue weighted by Gasteiger charge is -2.28. The van der Waals surface area contributed by atoms with Crippen LogP contribution in [-0.4, -0.2) is 17.2 Å². The molecule has 2 aromatic rings. The monoisotopic (exact) mass is 327 g/mol. The van der Waals surface area contributed by atoms with Crippen LogP contribution in [-0.2, 0) is 6.42 Å². The van der Waals surface area contributed by atoms with Gasteiger partial charge in [0.05, 0.1) is 13.2 Å². The lowest BCUT2D eigenvalue weighted by atomic mass is 9.87. The van der Waals surface area contributed by atoms with Crippen LogP contribution < -0.4 is 15.4 Å². The largest absolute Gasteiger partial charge is 0.497 e. The molecule has 1 aliphatic rings. The number of benzene rings is 1. The summed E-state index contributed by atoms with van der Waals surface area (Å²) in [6.07, 6.45) is 5.07. The molecule has 1 atom stereocenters. The highest BCUT2D eigenvalue weighted by Crippen LogP contribution is 2.32. The third-order valence-corrected chi connectivity index (χ3v) is 4.43. The van der Waals surface area contributed by atoms with E-state index < -0.39 is 0 Å². The highest BCUT2D eigenvalue weighted by atomic mass is 32.1. The number of nitrogens with one attached hydrogen (secondary N) is 2. The Morgan fingerprint density at radius 3 is 3.00 bits per heavy atom. The van der Waals surface area contributed by atoms with E-state index in [1.165, 1.54) is 11.1 Å². The zero-order valence-electron chi connectivity index (χ0n) is 13.4. The van der Waals surface area contributed by atoms with Crippen molar-refractivity contribution in [3.05, 3.63) is 53.2 Å². The van der Waals surface area contributed by atoms with Crippen LogP contribution in [0.5, 0.6) is 5.75 Å². The van der Waals surface area contributed by atoms with Gasteiger partial charge >= 0.3 is 0 Å². The number of hydrogen-bond donors (Lipinski definition) is 2. The number of hydrogen-bond acceptors (Lipinski definition) is 3. The minimum Gasteiger partial charge on any atom is -0.497 e. The maximum Gasteiger partial charge on any atom is 0.172 e. The predicted molar refractivity (Wildman–Crippen MR) is 97.0 cm³/mol. The zero-order chi connectivity index (χ0) is 16.2. The molecule has 0 saturated carbocycles. The van der Waals surface area contributed by atoms with E-state index in [4.69, 9.17) is 17.0 Å². The fourth-order valence-corrected chi connectivity index (χ4v) is 3.22. The molecule has 3 rings (SSSR count). The lowest BCUT2D eigenvalue weighted by molar-refractivity contribution is 0.412. The van der Waals surface area contributed by atoms with Gasteiger partial charge in [-0.2, -0.15) is 0 Å². The molecule has 120 valence electrons. The van der Waals surface area contributed by atoms with E-state index in [-0.39, 0.29) is 6.04 Å². The lowest BCUT2D eigenvalue weighted by Crippen LogP contribution is -2.34. The van der Waals surface area contributed by atoms with Gasteiger partial charge in [0.15, 0.2) is 5.11 Å². The molecule has 0 amide bonds. The maximum atomic E-state index is 5.47. The fourth-order valence-electron chi connectivity index (χ4n) is 2.99. The smallest absolute Gasteiger partial charge is 0.172 e. The van der Waals surface area contributed by atoms with Crippen LogP contribution in [0.25, 0.3) is 0 Å². The van der Waals surface area contributed by atoms with E-state index in [1.807, 2.05) is 25.1 Å². The van der Waals surface area contributed by atoms with E-state index in [0.717, 1.165) is 36.4 Å². The van der Waals surface area contributed by atoms with Crippen LogP contribution in [0, 0.1) is 6.92 Å². The molecule has 0 bridgehead atoms. The van der Waals surface area contributed by atoms with Crippen LogP contribution in [0.1, 0.15) is 35.6 Å². The van der Waals surface area contributed by atoms with Gasteiger partial charge in [0, 0.05) is 6.20 Å². The molecule has 2 N–H and O–H groups in total. The number of aromatic nitrogens is 1. The van der Waals surface area contributed by atoms with Crippen molar-refractivity contribution in [1.29, 1.82) is 0 Å². The molecular weight excluding hydrogens is 306 g/mol. The third kappa shape index (κ3) is 3.62. The Bertz CT molecular complexity index is 717. The number of methoxy groups -OCH3 is 1. The van der Waals surface area contributed by atoms with Crippen molar-refractivity contribution in [2.75, 3.05) is 12.4 Å². The van der Waals surface area contributed by atoms with E-state index in [9.17, 15) is 0 Å². The molecular formula is C18H21N3OS. The van der Waals surface area contributed by atoms with Gasteiger partial charge in [-0.3, -0.25) is 0 Å². The van der Waals surface area contributed by atoms with Crippen molar-refractivity contribution >= 4 is 23.1 Å². The van der Waals surface area contributed by atoms with Gasteiger partial charge in [-0.25, -0.2) is 4.98 Å². The van der Waals surface area contributed by atoms with E-state index in [2.05, 4.69) is 27.8 Å². The van der Waals surface area contributed by atoms with Gasteiger partial charge < -0.3 is 15.4 Å². The minimum absolute atomic E-state index is 0.230. The normalized spacial score (nSPS) is 16.3. The van der Waals surface area contributed by atoms with Gasteiger partial charge in [-0.15, -0.1) is 0 Å². The number of fused-ring (bicyclic) bond motifs is 1. The van der Waals surface area contributed by atoms with Crippen molar-refractivity contribution < 1.29 is 4.74 Å². The van der Waals surface area contributed by atoms with Crippen LogP contribution in [0.2, 0.25) is 0 Å². The first-order chi connectivity index (χ1) is 11.2. The Morgan fingerprint density at radius 1 is 1.35 bits per heavy atom. The Morgan fingerprint density at radius 2 is 2.22 bits per heavy atom. The van der Waals surface area contributed by atoms with Crippen molar-refractivity contribution in [1.82, 2.24) is 10.3 Å². The number of thiocarbonyl (C=S) groups is 1. The van der Waals surface area contributed by atoms with E-state index in [0.29, 0.717) is 5.11 Å². The first-order valence-electron chi connectivity index (χ1n) is 7.83. The average molecular weight is 327 g/mol. The molecule has 1 aromatic carbocycles. The first kappa shape index (κ1) is 15.7. The molecule has 0 spiro atoms. The van der Waals surface area contributed by atoms with E-state index in [1.54, 1.807) is 13.3 Å². The molecule has 0 fully saturated rings. The highest BCUT2D eigenvalue weighted by Gasteiger charge is 2.21. The minimum atomic E-state index is 0.230. The molecule has 0 radical (unpaired) electrons. The fraction of sp³-hybridized carbons (Fsp3) is 0.333. The Hall–Kier alpha value is -2.14. The van der Waals surface area contributed by atoms with Gasteiger partial charge in [0.25, 0.3) is 0 Å². The first-order valence-corrected chi connectivity index (χ1v) is 8.24. The average Bonchev–Trinajstić information content (AvgIpc) is 2.56. The number of aryl methyl sites for hydroxylation is 2.